The van der Waals surface area contributed by atoms with Crippen molar-refractivity contribution in [1.29, 1.82) is 0 Å². The highest BCUT2D eigenvalue weighted by Gasteiger charge is 2.55. The van der Waals surface area contributed by atoms with Gasteiger partial charge in [-0.3, -0.25) is 0 Å². The van der Waals surface area contributed by atoms with E-state index in [-0.39, 0.29) is 0 Å². The molecule has 4 heteroatoms. The van der Waals surface area contributed by atoms with E-state index in [0.29, 0.717) is 11.5 Å². The van der Waals surface area contributed by atoms with E-state index < -0.39 is 5.41 Å². The fraction of sp³-hybridized carbons (Fsp3) is 0.0175. The topological polar surface area (TPSA) is 52.6 Å². The largest absolute Gasteiger partial charge is 0.456 e. The molecule has 0 N–H and O–H groups in total. The van der Waals surface area contributed by atoms with Crippen LogP contribution in [0.25, 0.3) is 111 Å². The van der Waals surface area contributed by atoms with Crippen LogP contribution in [0.1, 0.15) is 22.3 Å². The Morgan fingerprint density at radius 1 is 0.262 bits per heavy atom. The summed E-state index contributed by atoms with van der Waals surface area (Å²) in [6.45, 7) is 0. The van der Waals surface area contributed by atoms with E-state index in [9.17, 15) is 0 Å². The summed E-state index contributed by atoms with van der Waals surface area (Å²) in [5, 5.41) is 4.05. The zero-order valence-corrected chi connectivity index (χ0v) is 32.6. The van der Waals surface area contributed by atoms with Crippen molar-refractivity contribution in [3.8, 4) is 67.5 Å². The number of hydrogen-bond donors (Lipinski definition) is 0. The van der Waals surface area contributed by atoms with E-state index in [1.165, 1.54) is 27.8 Å². The first kappa shape index (κ1) is 32.8. The second-order valence-corrected chi connectivity index (χ2v) is 16.2. The van der Waals surface area contributed by atoms with Crippen molar-refractivity contribution < 1.29 is 17.7 Å². The molecule has 0 atom stereocenters. The summed E-state index contributed by atoms with van der Waals surface area (Å²) in [7, 11) is 0. The van der Waals surface area contributed by atoms with E-state index in [4.69, 9.17) is 17.7 Å². The van der Waals surface area contributed by atoms with Crippen LogP contribution in [0.3, 0.4) is 0 Å². The van der Waals surface area contributed by atoms with Crippen molar-refractivity contribution >= 4 is 43.9 Å². The Morgan fingerprint density at radius 3 is 0.967 bits per heavy atom. The zero-order valence-electron chi connectivity index (χ0n) is 32.6. The van der Waals surface area contributed by atoms with Gasteiger partial charge in [0, 0.05) is 43.8 Å². The first-order valence-electron chi connectivity index (χ1n) is 20.7. The predicted molar refractivity (Wildman–Crippen MR) is 244 cm³/mol. The fourth-order valence-corrected chi connectivity index (χ4v) is 10.8. The molecule has 0 aliphatic heterocycles. The zero-order chi connectivity index (χ0) is 39.8. The molecule has 4 aromatic heterocycles. The first-order valence-corrected chi connectivity index (χ1v) is 20.7. The molecule has 14 rings (SSSR count). The van der Waals surface area contributed by atoms with Gasteiger partial charge in [-0.15, -0.1) is 0 Å². The Hall–Kier alpha value is -8.08. The lowest BCUT2D eigenvalue weighted by molar-refractivity contribution is 0.615. The molecule has 61 heavy (non-hydrogen) atoms. The molecule has 8 aromatic carbocycles. The smallest absolute Gasteiger partial charge is 0.136 e. The predicted octanol–water partition coefficient (Wildman–Crippen LogP) is 15.7. The van der Waals surface area contributed by atoms with Crippen LogP contribution in [0.15, 0.2) is 212 Å². The number of para-hydroxylation sites is 4. The molecule has 284 valence electrons. The standard InChI is InChI=1S/C57H32O4/c1-11-25-43-33(15-1)29-47(58-43)52-51-39-21-7-10-24-42(39)57(40-22-8-5-19-37(40)38-20-6-9-23-41(38)57)56(51)55(50-32-36-18-4-14-28-46(36)61-50)54(49-31-35-17-3-13-27-45(35)60-49)53(52)48-30-34-16-2-12-26-44(34)59-48/h1-32H. The Bertz CT molecular complexity index is 3610. The van der Waals surface area contributed by atoms with Gasteiger partial charge in [0.1, 0.15) is 45.4 Å². The molecule has 0 fully saturated rings. The van der Waals surface area contributed by atoms with Crippen molar-refractivity contribution in [1.82, 2.24) is 0 Å². The number of rotatable bonds is 4. The average molecular weight is 781 g/mol. The van der Waals surface area contributed by atoms with Gasteiger partial charge >= 0.3 is 0 Å². The van der Waals surface area contributed by atoms with Gasteiger partial charge in [-0.05, 0) is 93.0 Å². The van der Waals surface area contributed by atoms with Gasteiger partial charge < -0.3 is 17.7 Å². The third-order valence-electron chi connectivity index (χ3n) is 13.1. The fourth-order valence-electron chi connectivity index (χ4n) is 10.8. The second-order valence-electron chi connectivity index (χ2n) is 16.2. The SMILES string of the molecule is c1ccc2c(c1)-c1ccccc1C21c2ccccc2-c2c(-c3cc4ccccc4o3)c(-c3cc4ccccc4o3)c(-c3cc4ccccc4o3)c(-c3cc4ccccc4o3)c21. The highest BCUT2D eigenvalue weighted by atomic mass is 16.4. The minimum absolute atomic E-state index is 0.706. The maximum Gasteiger partial charge on any atom is 0.136 e. The van der Waals surface area contributed by atoms with Crippen LogP contribution < -0.4 is 0 Å². The number of benzene rings is 8. The Morgan fingerprint density at radius 2 is 0.557 bits per heavy atom. The van der Waals surface area contributed by atoms with Crippen LogP contribution in [0.5, 0.6) is 0 Å². The lowest BCUT2D eigenvalue weighted by Crippen LogP contribution is -2.27. The maximum absolute atomic E-state index is 7.14. The lowest BCUT2D eigenvalue weighted by Gasteiger charge is -2.33. The molecular formula is C57H32O4. The third kappa shape index (κ3) is 4.33. The number of furan rings is 4. The van der Waals surface area contributed by atoms with Crippen molar-refractivity contribution in [2.24, 2.45) is 0 Å². The molecule has 2 aliphatic carbocycles. The Kier molecular flexibility index (Phi) is 6.46. The van der Waals surface area contributed by atoms with Gasteiger partial charge in [-0.2, -0.15) is 0 Å². The first-order chi connectivity index (χ1) is 30.2. The van der Waals surface area contributed by atoms with Gasteiger partial charge in [0.15, 0.2) is 0 Å². The van der Waals surface area contributed by atoms with Crippen LogP contribution >= 0.6 is 0 Å². The quantitative estimate of drug-likeness (QED) is 0.178. The minimum atomic E-state index is -0.749. The summed E-state index contributed by atoms with van der Waals surface area (Å²) in [6.07, 6.45) is 0. The number of hydrogen-bond acceptors (Lipinski definition) is 4. The van der Waals surface area contributed by atoms with Crippen molar-refractivity contribution in [2.75, 3.05) is 0 Å². The summed E-state index contributed by atoms with van der Waals surface area (Å²) in [4.78, 5) is 0. The summed E-state index contributed by atoms with van der Waals surface area (Å²) >= 11 is 0. The van der Waals surface area contributed by atoms with Crippen LogP contribution in [0.2, 0.25) is 0 Å². The summed E-state index contributed by atoms with van der Waals surface area (Å²) < 4.78 is 28.3. The van der Waals surface area contributed by atoms with E-state index >= 15 is 0 Å². The highest BCUT2D eigenvalue weighted by Crippen LogP contribution is 2.69. The molecule has 12 aromatic rings. The van der Waals surface area contributed by atoms with Crippen LogP contribution in [-0.2, 0) is 5.41 Å². The monoisotopic (exact) mass is 780 g/mol. The third-order valence-corrected chi connectivity index (χ3v) is 13.1. The highest BCUT2D eigenvalue weighted by molar-refractivity contribution is 6.14. The van der Waals surface area contributed by atoms with Gasteiger partial charge in [0.25, 0.3) is 0 Å². The van der Waals surface area contributed by atoms with Gasteiger partial charge in [0.2, 0.25) is 0 Å². The van der Waals surface area contributed by atoms with Crippen molar-refractivity contribution in [3.63, 3.8) is 0 Å². The molecular weight excluding hydrogens is 749 g/mol. The summed E-state index contributed by atoms with van der Waals surface area (Å²) in [5.41, 5.74) is 15.5. The van der Waals surface area contributed by atoms with E-state index in [1.807, 2.05) is 48.5 Å². The summed E-state index contributed by atoms with van der Waals surface area (Å²) in [6, 6.07) is 68.5. The van der Waals surface area contributed by atoms with Gasteiger partial charge in [-0.1, -0.05) is 146 Å². The molecule has 0 unspecified atom stereocenters. The Balaban J connectivity index is 1.29. The number of fused-ring (bicyclic) bond motifs is 14. The minimum Gasteiger partial charge on any atom is -0.456 e. The average Bonchev–Trinajstić information content (AvgIpc) is 4.17. The Labute approximate surface area is 349 Å². The van der Waals surface area contributed by atoms with E-state index in [1.54, 1.807) is 0 Å². The molecule has 4 heterocycles. The van der Waals surface area contributed by atoms with Gasteiger partial charge in [0.05, 0.1) is 5.41 Å². The van der Waals surface area contributed by atoms with Crippen molar-refractivity contribution in [3.05, 3.63) is 216 Å². The van der Waals surface area contributed by atoms with Crippen LogP contribution in [0.4, 0.5) is 0 Å². The second kappa shape index (κ2) is 12.0. The molecule has 0 amide bonds. The molecule has 4 nitrogen and oxygen atoms in total. The normalized spacial score (nSPS) is 13.4. The molecule has 0 saturated carbocycles. The van der Waals surface area contributed by atoms with Crippen LogP contribution in [-0.4, -0.2) is 0 Å². The molecule has 0 radical (unpaired) electrons. The summed E-state index contributed by atoms with van der Waals surface area (Å²) in [5.74, 6) is 2.90. The molecule has 2 aliphatic rings. The van der Waals surface area contributed by atoms with E-state index in [0.717, 1.165) is 94.3 Å². The van der Waals surface area contributed by atoms with Crippen molar-refractivity contribution in [2.45, 2.75) is 5.41 Å². The van der Waals surface area contributed by atoms with Crippen LogP contribution in [0, 0.1) is 0 Å². The van der Waals surface area contributed by atoms with E-state index in [2.05, 4.69) is 146 Å². The maximum atomic E-state index is 7.14. The molecule has 0 bridgehead atoms. The molecule has 1 spiro atoms. The van der Waals surface area contributed by atoms with Gasteiger partial charge in [-0.25, -0.2) is 0 Å². The lowest BCUT2D eigenvalue weighted by atomic mass is 9.67. The molecule has 0 saturated heterocycles.